The van der Waals surface area contributed by atoms with E-state index in [-0.39, 0.29) is 16.5 Å². The van der Waals surface area contributed by atoms with Gasteiger partial charge in [-0.3, -0.25) is 0 Å². The van der Waals surface area contributed by atoms with Crippen LogP contribution in [-0.2, 0) is 11.2 Å². The maximum absolute atomic E-state index is 13.6. The third-order valence-electron chi connectivity index (χ3n) is 2.24. The van der Waals surface area contributed by atoms with Crippen molar-refractivity contribution in [3.63, 3.8) is 0 Å². The highest BCUT2D eigenvalue weighted by molar-refractivity contribution is 7.07. The molecular formula is C12H10FN3O2S. The molecule has 0 aliphatic rings. The molecule has 0 radical (unpaired) electrons. The SMILES string of the molecule is COCCc1nsc(Oc2ccc(C#N)cc2F)n1. The van der Waals surface area contributed by atoms with Crippen LogP contribution < -0.4 is 4.74 Å². The van der Waals surface area contributed by atoms with E-state index < -0.39 is 5.82 Å². The summed E-state index contributed by atoms with van der Waals surface area (Å²) in [4.78, 5) is 4.10. The van der Waals surface area contributed by atoms with Gasteiger partial charge in [-0.1, -0.05) is 0 Å². The fourth-order valence-electron chi connectivity index (χ4n) is 1.32. The van der Waals surface area contributed by atoms with Crippen LogP contribution in [0.2, 0.25) is 0 Å². The Balaban J connectivity index is 2.09. The smallest absolute Gasteiger partial charge is 0.298 e. The van der Waals surface area contributed by atoms with Crippen LogP contribution in [0, 0.1) is 17.1 Å². The van der Waals surface area contributed by atoms with Crippen LogP contribution in [0.5, 0.6) is 10.9 Å². The van der Waals surface area contributed by atoms with E-state index in [0.29, 0.717) is 18.9 Å². The molecule has 0 bridgehead atoms. The Kier molecular flexibility index (Phi) is 4.39. The lowest BCUT2D eigenvalue weighted by molar-refractivity contribution is 0.200. The molecule has 0 unspecified atom stereocenters. The largest absolute Gasteiger partial charge is 0.427 e. The van der Waals surface area contributed by atoms with Crippen molar-refractivity contribution < 1.29 is 13.9 Å². The van der Waals surface area contributed by atoms with Gasteiger partial charge in [0.15, 0.2) is 11.6 Å². The van der Waals surface area contributed by atoms with E-state index in [4.69, 9.17) is 14.7 Å². The molecule has 19 heavy (non-hydrogen) atoms. The van der Waals surface area contributed by atoms with E-state index in [1.807, 2.05) is 6.07 Å². The van der Waals surface area contributed by atoms with Gasteiger partial charge in [0.1, 0.15) is 5.82 Å². The maximum atomic E-state index is 13.6. The average Bonchev–Trinajstić information content (AvgIpc) is 2.86. The third-order valence-corrected chi connectivity index (χ3v) is 2.87. The average molecular weight is 279 g/mol. The van der Waals surface area contributed by atoms with Gasteiger partial charge in [0.2, 0.25) is 0 Å². The molecule has 2 rings (SSSR count). The number of hydrogen-bond acceptors (Lipinski definition) is 6. The summed E-state index contributed by atoms with van der Waals surface area (Å²) in [5.74, 6) is 0.0111. The van der Waals surface area contributed by atoms with Gasteiger partial charge in [-0.15, -0.1) is 0 Å². The lowest BCUT2D eigenvalue weighted by Crippen LogP contribution is -1.96. The number of halogens is 1. The number of nitriles is 1. The Morgan fingerprint density at radius 2 is 2.32 bits per heavy atom. The predicted molar refractivity (Wildman–Crippen MR) is 66.7 cm³/mol. The van der Waals surface area contributed by atoms with E-state index in [1.165, 1.54) is 12.1 Å². The molecule has 0 saturated carbocycles. The minimum absolute atomic E-state index is 0.0217. The Morgan fingerprint density at radius 3 is 3.00 bits per heavy atom. The molecule has 0 fully saturated rings. The molecule has 0 saturated heterocycles. The standard InChI is InChI=1S/C12H10FN3O2S/c1-17-5-4-11-15-12(19-16-11)18-10-3-2-8(7-14)6-9(10)13/h2-3,6H,4-5H2,1H3. The van der Waals surface area contributed by atoms with Gasteiger partial charge < -0.3 is 9.47 Å². The first kappa shape index (κ1) is 13.4. The lowest BCUT2D eigenvalue weighted by atomic mass is 10.2. The highest BCUT2D eigenvalue weighted by atomic mass is 32.1. The highest BCUT2D eigenvalue weighted by Gasteiger charge is 2.10. The Hall–Kier alpha value is -2.04. The molecular weight excluding hydrogens is 269 g/mol. The summed E-state index contributed by atoms with van der Waals surface area (Å²) in [6, 6.07) is 5.84. The van der Waals surface area contributed by atoms with E-state index in [1.54, 1.807) is 7.11 Å². The summed E-state index contributed by atoms with van der Waals surface area (Å²) in [5, 5.41) is 8.90. The van der Waals surface area contributed by atoms with Crippen LogP contribution in [0.25, 0.3) is 0 Å². The van der Waals surface area contributed by atoms with Gasteiger partial charge in [0.25, 0.3) is 5.19 Å². The van der Waals surface area contributed by atoms with Crippen molar-refractivity contribution >= 4 is 11.5 Å². The van der Waals surface area contributed by atoms with Gasteiger partial charge in [0.05, 0.1) is 18.2 Å². The molecule has 2 aromatic rings. The first-order valence-electron chi connectivity index (χ1n) is 5.42. The fourth-order valence-corrected chi connectivity index (χ4v) is 1.91. The Bertz CT molecular complexity index is 609. The van der Waals surface area contributed by atoms with Gasteiger partial charge >= 0.3 is 0 Å². The Morgan fingerprint density at radius 1 is 1.47 bits per heavy atom. The molecule has 1 aromatic carbocycles. The van der Waals surface area contributed by atoms with Crippen molar-refractivity contribution in [3.05, 3.63) is 35.4 Å². The van der Waals surface area contributed by atoms with Crippen molar-refractivity contribution in [2.75, 3.05) is 13.7 Å². The molecule has 7 heteroatoms. The number of rotatable bonds is 5. The summed E-state index contributed by atoms with van der Waals surface area (Å²) in [6.45, 7) is 0.515. The Labute approximate surface area is 113 Å². The number of nitrogens with zero attached hydrogens (tertiary/aromatic N) is 3. The predicted octanol–water partition coefficient (Wildman–Crippen LogP) is 2.53. The number of methoxy groups -OCH3 is 1. The van der Waals surface area contributed by atoms with Crippen LogP contribution in [0.3, 0.4) is 0 Å². The number of ether oxygens (including phenoxy) is 2. The van der Waals surface area contributed by atoms with Gasteiger partial charge in [-0.25, -0.2) is 4.39 Å². The van der Waals surface area contributed by atoms with E-state index in [2.05, 4.69) is 9.36 Å². The molecule has 0 spiro atoms. The van der Waals surface area contributed by atoms with Gasteiger partial charge in [-0.05, 0) is 18.2 Å². The number of aromatic nitrogens is 2. The summed E-state index contributed by atoms with van der Waals surface area (Å²) >= 11 is 1.04. The normalized spacial score (nSPS) is 10.2. The zero-order valence-electron chi connectivity index (χ0n) is 10.1. The second kappa shape index (κ2) is 6.22. The minimum atomic E-state index is -0.604. The van der Waals surface area contributed by atoms with E-state index in [9.17, 15) is 4.39 Å². The van der Waals surface area contributed by atoms with Crippen molar-refractivity contribution in [1.82, 2.24) is 9.36 Å². The summed E-state index contributed by atoms with van der Waals surface area (Å²) in [7, 11) is 1.59. The maximum Gasteiger partial charge on any atom is 0.298 e. The lowest BCUT2D eigenvalue weighted by Gasteiger charge is -2.02. The fraction of sp³-hybridized carbons (Fsp3) is 0.250. The van der Waals surface area contributed by atoms with Gasteiger partial charge in [0, 0.05) is 25.1 Å². The van der Waals surface area contributed by atoms with E-state index >= 15 is 0 Å². The van der Waals surface area contributed by atoms with Crippen molar-refractivity contribution in [2.24, 2.45) is 0 Å². The van der Waals surface area contributed by atoms with Crippen LogP contribution in [-0.4, -0.2) is 23.1 Å². The third kappa shape index (κ3) is 3.47. The van der Waals surface area contributed by atoms with E-state index in [0.717, 1.165) is 17.6 Å². The molecule has 0 N–H and O–H groups in total. The molecule has 0 aliphatic carbocycles. The molecule has 1 heterocycles. The first-order valence-corrected chi connectivity index (χ1v) is 6.19. The molecule has 5 nitrogen and oxygen atoms in total. The molecule has 98 valence electrons. The summed E-state index contributed by atoms with van der Waals surface area (Å²) in [5.41, 5.74) is 0.239. The van der Waals surface area contributed by atoms with Crippen molar-refractivity contribution in [1.29, 1.82) is 5.26 Å². The molecule has 0 atom stereocenters. The van der Waals surface area contributed by atoms with Crippen LogP contribution >= 0.6 is 11.5 Å². The molecule has 0 aliphatic heterocycles. The number of benzene rings is 1. The first-order chi connectivity index (χ1) is 9.22. The van der Waals surface area contributed by atoms with Crippen LogP contribution in [0.1, 0.15) is 11.4 Å². The second-order valence-corrected chi connectivity index (χ2v) is 4.29. The quantitative estimate of drug-likeness (QED) is 0.841. The topological polar surface area (TPSA) is 68.0 Å². The van der Waals surface area contributed by atoms with Crippen molar-refractivity contribution in [3.8, 4) is 17.0 Å². The van der Waals surface area contributed by atoms with Crippen molar-refractivity contribution in [2.45, 2.75) is 6.42 Å². The van der Waals surface area contributed by atoms with Crippen LogP contribution in [0.15, 0.2) is 18.2 Å². The number of hydrogen-bond donors (Lipinski definition) is 0. The summed E-state index contributed by atoms with van der Waals surface area (Å²) in [6.07, 6.45) is 0.576. The molecule has 0 amide bonds. The summed E-state index contributed by atoms with van der Waals surface area (Å²) < 4.78 is 27.9. The highest BCUT2D eigenvalue weighted by Crippen LogP contribution is 2.26. The second-order valence-electron chi connectivity index (χ2n) is 3.58. The zero-order chi connectivity index (χ0) is 13.7. The zero-order valence-corrected chi connectivity index (χ0v) is 10.9. The monoisotopic (exact) mass is 279 g/mol. The molecule has 1 aromatic heterocycles. The van der Waals surface area contributed by atoms with Crippen LogP contribution in [0.4, 0.5) is 4.39 Å². The minimum Gasteiger partial charge on any atom is -0.427 e. The van der Waals surface area contributed by atoms with Gasteiger partial charge in [-0.2, -0.15) is 14.6 Å².